The fourth-order valence-corrected chi connectivity index (χ4v) is 2.90. The maximum Gasteiger partial charge on any atom is 0.106 e. The average molecular weight is 414 g/mol. The first-order valence-corrected chi connectivity index (χ1v) is 8.08. The summed E-state index contributed by atoms with van der Waals surface area (Å²) in [5, 5.41) is 3.46. The van der Waals surface area contributed by atoms with Crippen molar-refractivity contribution in [2.75, 3.05) is 5.32 Å². The van der Waals surface area contributed by atoms with Crippen LogP contribution in [-0.4, -0.2) is 4.99 Å². The van der Waals surface area contributed by atoms with Gasteiger partial charge in [-0.05, 0) is 42.8 Å². The van der Waals surface area contributed by atoms with Crippen molar-refractivity contribution < 1.29 is 0 Å². The van der Waals surface area contributed by atoms with E-state index < -0.39 is 0 Å². The van der Waals surface area contributed by atoms with Crippen molar-refractivity contribution in [1.29, 1.82) is 0 Å². The van der Waals surface area contributed by atoms with Crippen molar-refractivity contribution in [3.8, 4) is 0 Å². The maximum atomic E-state index is 5.77. The second-order valence-corrected chi connectivity index (χ2v) is 6.75. The van der Waals surface area contributed by atoms with E-state index in [-0.39, 0.29) is 6.04 Å². The zero-order chi connectivity index (χ0) is 14.7. The third kappa shape index (κ3) is 3.81. The zero-order valence-corrected chi connectivity index (χ0v) is 14.8. The number of thiocarbonyl (C=S) groups is 1. The van der Waals surface area contributed by atoms with Gasteiger partial charge in [-0.1, -0.05) is 56.2 Å². The number of hydrogen-bond donors (Lipinski definition) is 2. The quantitative estimate of drug-likeness (QED) is 0.691. The summed E-state index contributed by atoms with van der Waals surface area (Å²) in [4.78, 5) is 0.390. The van der Waals surface area contributed by atoms with Gasteiger partial charge < -0.3 is 11.1 Å². The van der Waals surface area contributed by atoms with Crippen molar-refractivity contribution in [1.82, 2.24) is 0 Å². The van der Waals surface area contributed by atoms with Gasteiger partial charge in [0.15, 0.2) is 0 Å². The van der Waals surface area contributed by atoms with Gasteiger partial charge in [0, 0.05) is 26.2 Å². The first-order valence-electron chi connectivity index (χ1n) is 6.08. The summed E-state index contributed by atoms with van der Waals surface area (Å²) in [6.07, 6.45) is 0. The molecule has 0 saturated heterocycles. The molecule has 0 radical (unpaired) electrons. The highest BCUT2D eigenvalue weighted by Gasteiger charge is 2.10. The third-order valence-corrected chi connectivity index (χ3v) is 4.17. The molecule has 1 atom stereocenters. The van der Waals surface area contributed by atoms with Gasteiger partial charge in [0.25, 0.3) is 0 Å². The van der Waals surface area contributed by atoms with Gasteiger partial charge in [-0.25, -0.2) is 0 Å². The molecule has 3 N–H and O–H groups in total. The highest BCUT2D eigenvalue weighted by Crippen LogP contribution is 2.27. The SMILES string of the molecule is CC(Nc1cc(Br)ccc1C(N)=S)c1cccc(Br)c1. The first-order chi connectivity index (χ1) is 9.47. The van der Waals surface area contributed by atoms with Crippen molar-refractivity contribution in [2.24, 2.45) is 5.73 Å². The van der Waals surface area contributed by atoms with Crippen molar-refractivity contribution in [3.05, 3.63) is 62.5 Å². The monoisotopic (exact) mass is 412 g/mol. The Hall–Kier alpha value is -0.910. The molecule has 0 aromatic heterocycles. The predicted molar refractivity (Wildman–Crippen MR) is 96.2 cm³/mol. The molecule has 2 aromatic carbocycles. The zero-order valence-electron chi connectivity index (χ0n) is 10.9. The van der Waals surface area contributed by atoms with Crippen LogP contribution in [0.25, 0.3) is 0 Å². The van der Waals surface area contributed by atoms with Gasteiger partial charge in [-0.3, -0.25) is 0 Å². The Kier molecular flexibility index (Phi) is 5.18. The van der Waals surface area contributed by atoms with E-state index in [9.17, 15) is 0 Å². The summed E-state index contributed by atoms with van der Waals surface area (Å²) < 4.78 is 2.05. The van der Waals surface area contributed by atoms with Crippen LogP contribution in [0.1, 0.15) is 24.1 Å². The molecule has 2 nitrogen and oxygen atoms in total. The molecule has 1 unspecified atom stereocenters. The predicted octanol–water partition coefficient (Wildman–Crippen LogP) is 5.02. The molecule has 2 aromatic rings. The van der Waals surface area contributed by atoms with E-state index in [0.717, 1.165) is 20.2 Å². The first kappa shape index (κ1) is 15.5. The largest absolute Gasteiger partial charge is 0.389 e. The Balaban J connectivity index is 2.29. The van der Waals surface area contributed by atoms with Crippen LogP contribution in [0.5, 0.6) is 0 Å². The Bertz CT molecular complexity index is 644. The van der Waals surface area contributed by atoms with Crippen LogP contribution in [0.3, 0.4) is 0 Å². The summed E-state index contributed by atoms with van der Waals surface area (Å²) in [5.74, 6) is 0. The minimum atomic E-state index is 0.148. The Morgan fingerprint density at radius 2 is 1.85 bits per heavy atom. The molecule has 0 bridgehead atoms. The number of anilines is 1. The van der Waals surface area contributed by atoms with Crippen LogP contribution in [0.2, 0.25) is 0 Å². The summed E-state index contributed by atoms with van der Waals surface area (Å²) in [6.45, 7) is 2.10. The average Bonchev–Trinajstić information content (AvgIpc) is 2.38. The fourth-order valence-electron chi connectivity index (χ4n) is 1.94. The standard InChI is InChI=1S/C15H14Br2N2S/c1-9(10-3-2-4-11(16)7-10)19-14-8-12(17)5-6-13(14)15(18)20/h2-9,19H,1H3,(H2,18,20). The van der Waals surface area contributed by atoms with Crippen LogP contribution in [0.15, 0.2) is 51.4 Å². The van der Waals surface area contributed by atoms with Crippen LogP contribution in [0, 0.1) is 0 Å². The van der Waals surface area contributed by atoms with Gasteiger partial charge in [0.1, 0.15) is 4.99 Å². The van der Waals surface area contributed by atoms with Gasteiger partial charge in [-0.15, -0.1) is 0 Å². The van der Waals surface area contributed by atoms with Crippen LogP contribution < -0.4 is 11.1 Å². The lowest BCUT2D eigenvalue weighted by molar-refractivity contribution is 0.883. The molecule has 0 amide bonds. The van der Waals surface area contributed by atoms with Crippen molar-refractivity contribution >= 4 is 54.8 Å². The smallest absolute Gasteiger partial charge is 0.106 e. The minimum Gasteiger partial charge on any atom is -0.389 e. The molecule has 104 valence electrons. The molecule has 0 aliphatic heterocycles. The molecule has 5 heteroatoms. The van der Waals surface area contributed by atoms with E-state index in [1.807, 2.05) is 30.3 Å². The molecule has 0 heterocycles. The van der Waals surface area contributed by atoms with E-state index in [1.165, 1.54) is 5.56 Å². The third-order valence-electron chi connectivity index (χ3n) is 2.97. The van der Waals surface area contributed by atoms with Gasteiger partial charge >= 0.3 is 0 Å². The molecule has 0 aliphatic carbocycles. The van der Waals surface area contributed by atoms with E-state index >= 15 is 0 Å². The lowest BCUT2D eigenvalue weighted by Crippen LogP contribution is -2.15. The lowest BCUT2D eigenvalue weighted by Gasteiger charge is -2.18. The fraction of sp³-hybridized carbons (Fsp3) is 0.133. The molecule has 0 spiro atoms. The second-order valence-electron chi connectivity index (χ2n) is 4.48. The van der Waals surface area contributed by atoms with E-state index in [1.54, 1.807) is 0 Å². The summed E-state index contributed by atoms with van der Waals surface area (Å²) >= 11 is 12.1. The highest BCUT2D eigenvalue weighted by atomic mass is 79.9. The maximum absolute atomic E-state index is 5.77. The van der Waals surface area contributed by atoms with Crippen molar-refractivity contribution in [2.45, 2.75) is 13.0 Å². The minimum absolute atomic E-state index is 0.148. The number of rotatable bonds is 4. The summed E-state index contributed by atoms with van der Waals surface area (Å²) in [7, 11) is 0. The van der Waals surface area contributed by atoms with E-state index in [0.29, 0.717) is 4.99 Å². The number of nitrogens with two attached hydrogens (primary N) is 1. The molecular weight excluding hydrogens is 400 g/mol. The van der Waals surface area contributed by atoms with Crippen LogP contribution in [0.4, 0.5) is 5.69 Å². The highest BCUT2D eigenvalue weighted by molar-refractivity contribution is 9.10. The molecule has 0 saturated carbocycles. The van der Waals surface area contributed by atoms with Crippen LogP contribution in [-0.2, 0) is 0 Å². The summed E-state index contributed by atoms with van der Waals surface area (Å²) in [6, 6.07) is 14.2. The normalized spacial score (nSPS) is 11.9. The Labute approximate surface area is 141 Å². The molecule has 0 aliphatic rings. The van der Waals surface area contributed by atoms with Gasteiger partial charge in [0.05, 0.1) is 0 Å². The Morgan fingerprint density at radius 1 is 1.15 bits per heavy atom. The second kappa shape index (κ2) is 6.70. The molecule has 2 rings (SSSR count). The molecule has 20 heavy (non-hydrogen) atoms. The van der Waals surface area contributed by atoms with Crippen LogP contribution >= 0.6 is 44.1 Å². The van der Waals surface area contributed by atoms with Gasteiger partial charge in [0.2, 0.25) is 0 Å². The molecular formula is C15H14Br2N2S. The number of benzene rings is 2. The van der Waals surface area contributed by atoms with E-state index in [4.69, 9.17) is 18.0 Å². The number of nitrogens with one attached hydrogen (secondary N) is 1. The molecule has 0 fully saturated rings. The van der Waals surface area contributed by atoms with E-state index in [2.05, 4.69) is 56.2 Å². The number of halogens is 2. The number of hydrogen-bond acceptors (Lipinski definition) is 2. The lowest BCUT2D eigenvalue weighted by atomic mass is 10.1. The topological polar surface area (TPSA) is 38.0 Å². The van der Waals surface area contributed by atoms with Crippen molar-refractivity contribution in [3.63, 3.8) is 0 Å². The van der Waals surface area contributed by atoms with Gasteiger partial charge in [-0.2, -0.15) is 0 Å². The summed E-state index contributed by atoms with van der Waals surface area (Å²) in [5.41, 5.74) is 8.74. The Morgan fingerprint density at radius 3 is 2.50 bits per heavy atom.